The van der Waals surface area contributed by atoms with Crippen molar-refractivity contribution < 1.29 is 4.79 Å². The molecule has 1 aliphatic rings. The zero-order chi connectivity index (χ0) is 10.7. The number of Topliss-reactive ketones (excluding diaryl/α,β-unsaturated/α-hetero) is 1. The van der Waals surface area contributed by atoms with Gasteiger partial charge in [0.05, 0.1) is 0 Å². The van der Waals surface area contributed by atoms with Crippen LogP contribution >= 0.6 is 0 Å². The van der Waals surface area contributed by atoms with Gasteiger partial charge in [-0.05, 0) is 38.9 Å². The van der Waals surface area contributed by atoms with Gasteiger partial charge in [-0.15, -0.1) is 0 Å². The Kier molecular flexibility index (Phi) is 3.21. The second-order valence-corrected chi connectivity index (χ2v) is 4.24. The molecule has 1 aromatic heterocycles. The third-order valence-corrected chi connectivity index (χ3v) is 3.03. The summed E-state index contributed by atoms with van der Waals surface area (Å²) < 4.78 is 2.11. The van der Waals surface area contributed by atoms with Crippen molar-refractivity contribution in [2.24, 2.45) is 0 Å². The number of hydrogen-bond acceptors (Lipinski definition) is 2. The Balaban J connectivity index is 1.84. The van der Waals surface area contributed by atoms with E-state index in [9.17, 15) is 4.79 Å². The second-order valence-electron chi connectivity index (χ2n) is 4.24. The van der Waals surface area contributed by atoms with Gasteiger partial charge < -0.3 is 9.47 Å². The van der Waals surface area contributed by atoms with Crippen molar-refractivity contribution in [1.82, 2.24) is 9.47 Å². The number of carbonyl (C=O) groups excluding carboxylic acids is 1. The fourth-order valence-corrected chi connectivity index (χ4v) is 2.05. The quantitative estimate of drug-likeness (QED) is 0.702. The van der Waals surface area contributed by atoms with Gasteiger partial charge in [0, 0.05) is 31.0 Å². The van der Waals surface area contributed by atoms with Crippen LogP contribution in [0.3, 0.4) is 0 Å². The summed E-state index contributed by atoms with van der Waals surface area (Å²) in [6.07, 6.45) is 6.61. The van der Waals surface area contributed by atoms with Crippen molar-refractivity contribution in [1.29, 1.82) is 0 Å². The first-order valence-electron chi connectivity index (χ1n) is 5.65. The average molecular weight is 206 g/mol. The number of nitrogens with zero attached hydrogens (tertiary/aromatic N) is 2. The largest absolute Gasteiger partial charge is 0.352 e. The molecule has 0 saturated carbocycles. The van der Waals surface area contributed by atoms with Crippen LogP contribution in [0.2, 0.25) is 0 Å². The Hall–Kier alpha value is -1.09. The molecular weight excluding hydrogens is 188 g/mol. The number of aromatic nitrogens is 1. The zero-order valence-electron chi connectivity index (χ0n) is 9.28. The Morgan fingerprint density at radius 2 is 2.07 bits per heavy atom. The zero-order valence-corrected chi connectivity index (χ0v) is 9.28. The van der Waals surface area contributed by atoms with Gasteiger partial charge in [-0.25, -0.2) is 0 Å². The molecule has 0 aromatic carbocycles. The molecule has 0 unspecified atom stereocenters. The lowest BCUT2D eigenvalue weighted by Crippen LogP contribution is -2.23. The highest BCUT2D eigenvalue weighted by Gasteiger charge is 2.10. The Bertz CT molecular complexity index is 337. The minimum atomic E-state index is 0.148. The third-order valence-electron chi connectivity index (χ3n) is 3.03. The highest BCUT2D eigenvalue weighted by Crippen LogP contribution is 2.08. The van der Waals surface area contributed by atoms with Crippen molar-refractivity contribution in [3.8, 4) is 0 Å². The molecule has 1 aromatic rings. The van der Waals surface area contributed by atoms with E-state index in [2.05, 4.69) is 9.47 Å². The lowest BCUT2D eigenvalue weighted by molar-refractivity contribution is 0.101. The third kappa shape index (κ3) is 2.69. The Morgan fingerprint density at radius 3 is 2.67 bits per heavy atom. The van der Waals surface area contributed by atoms with Crippen LogP contribution in [0, 0.1) is 0 Å². The molecule has 0 aliphatic carbocycles. The first-order chi connectivity index (χ1) is 7.25. The van der Waals surface area contributed by atoms with Crippen LogP contribution in [-0.2, 0) is 6.54 Å². The molecule has 0 bridgehead atoms. The summed E-state index contributed by atoms with van der Waals surface area (Å²) in [7, 11) is 0. The van der Waals surface area contributed by atoms with Crippen LogP contribution in [0.1, 0.15) is 30.1 Å². The molecule has 0 spiro atoms. The number of rotatable bonds is 4. The number of carbonyl (C=O) groups is 1. The molecule has 1 aliphatic heterocycles. The smallest absolute Gasteiger partial charge is 0.161 e. The van der Waals surface area contributed by atoms with Crippen LogP contribution in [0.5, 0.6) is 0 Å². The van der Waals surface area contributed by atoms with Crippen molar-refractivity contribution in [2.75, 3.05) is 19.6 Å². The summed E-state index contributed by atoms with van der Waals surface area (Å²) >= 11 is 0. The van der Waals surface area contributed by atoms with E-state index in [1.165, 1.54) is 25.9 Å². The minimum Gasteiger partial charge on any atom is -0.352 e. The van der Waals surface area contributed by atoms with Crippen molar-refractivity contribution in [3.63, 3.8) is 0 Å². The van der Waals surface area contributed by atoms with Crippen molar-refractivity contribution >= 4 is 5.78 Å². The Labute approximate surface area is 90.7 Å². The molecule has 0 radical (unpaired) electrons. The lowest BCUT2D eigenvalue weighted by Gasteiger charge is -2.14. The number of hydrogen-bond donors (Lipinski definition) is 0. The monoisotopic (exact) mass is 206 g/mol. The van der Waals surface area contributed by atoms with E-state index in [1.54, 1.807) is 6.92 Å². The van der Waals surface area contributed by atoms with Gasteiger partial charge >= 0.3 is 0 Å². The molecule has 1 fully saturated rings. The molecule has 0 amide bonds. The first-order valence-corrected chi connectivity index (χ1v) is 5.65. The van der Waals surface area contributed by atoms with Crippen LogP contribution in [-0.4, -0.2) is 34.9 Å². The van der Waals surface area contributed by atoms with Gasteiger partial charge in [0.1, 0.15) is 0 Å². The van der Waals surface area contributed by atoms with E-state index >= 15 is 0 Å². The van der Waals surface area contributed by atoms with Crippen LogP contribution in [0.15, 0.2) is 18.5 Å². The number of ketones is 1. The van der Waals surface area contributed by atoms with Crippen LogP contribution < -0.4 is 0 Å². The van der Waals surface area contributed by atoms with Crippen LogP contribution in [0.4, 0.5) is 0 Å². The molecule has 2 rings (SSSR count). The summed E-state index contributed by atoms with van der Waals surface area (Å²) in [4.78, 5) is 13.6. The maximum atomic E-state index is 11.1. The summed E-state index contributed by atoms with van der Waals surface area (Å²) in [5.74, 6) is 0.148. The molecule has 2 heterocycles. The molecule has 0 N–H and O–H groups in total. The number of likely N-dealkylation sites (tertiary alicyclic amines) is 1. The van der Waals surface area contributed by atoms with E-state index < -0.39 is 0 Å². The fraction of sp³-hybridized carbons (Fsp3) is 0.583. The maximum absolute atomic E-state index is 11.1. The average Bonchev–Trinajstić information content (AvgIpc) is 2.86. The summed E-state index contributed by atoms with van der Waals surface area (Å²) in [5.41, 5.74) is 0.816. The van der Waals surface area contributed by atoms with Gasteiger partial charge in [-0.3, -0.25) is 4.79 Å². The second kappa shape index (κ2) is 4.62. The van der Waals surface area contributed by atoms with Gasteiger partial charge in [-0.1, -0.05) is 0 Å². The molecule has 1 saturated heterocycles. The van der Waals surface area contributed by atoms with Crippen molar-refractivity contribution in [2.45, 2.75) is 26.3 Å². The van der Waals surface area contributed by atoms with Gasteiger partial charge in [0.2, 0.25) is 0 Å². The van der Waals surface area contributed by atoms with Gasteiger partial charge in [0.15, 0.2) is 5.78 Å². The predicted octanol–water partition coefficient (Wildman–Crippen LogP) is 1.79. The molecule has 3 heteroatoms. The summed E-state index contributed by atoms with van der Waals surface area (Å²) in [6.45, 7) is 6.18. The molecule has 15 heavy (non-hydrogen) atoms. The van der Waals surface area contributed by atoms with E-state index in [-0.39, 0.29) is 5.78 Å². The standard InChI is InChI=1S/C12H18N2O/c1-11(15)12-4-7-14(10-12)9-8-13-5-2-3-6-13/h4,7,10H,2-3,5-6,8-9H2,1H3. The van der Waals surface area contributed by atoms with E-state index in [4.69, 9.17) is 0 Å². The van der Waals surface area contributed by atoms with E-state index in [0.717, 1.165) is 18.7 Å². The lowest BCUT2D eigenvalue weighted by atomic mass is 10.2. The van der Waals surface area contributed by atoms with E-state index in [0.29, 0.717) is 0 Å². The van der Waals surface area contributed by atoms with Gasteiger partial charge in [-0.2, -0.15) is 0 Å². The van der Waals surface area contributed by atoms with Gasteiger partial charge in [0.25, 0.3) is 0 Å². The normalized spacial score (nSPS) is 17.1. The maximum Gasteiger partial charge on any atom is 0.161 e. The predicted molar refractivity (Wildman–Crippen MR) is 60.1 cm³/mol. The molecular formula is C12H18N2O. The van der Waals surface area contributed by atoms with E-state index in [1.807, 2.05) is 18.5 Å². The molecule has 0 atom stereocenters. The first kappa shape index (κ1) is 10.4. The van der Waals surface area contributed by atoms with Crippen molar-refractivity contribution in [3.05, 3.63) is 24.0 Å². The fourth-order valence-electron chi connectivity index (χ4n) is 2.05. The highest BCUT2D eigenvalue weighted by atomic mass is 16.1. The minimum absolute atomic E-state index is 0.148. The topological polar surface area (TPSA) is 25.2 Å². The summed E-state index contributed by atoms with van der Waals surface area (Å²) in [5, 5.41) is 0. The SMILES string of the molecule is CC(=O)c1ccn(CCN2CCCC2)c1. The Morgan fingerprint density at radius 1 is 1.33 bits per heavy atom. The molecule has 82 valence electrons. The highest BCUT2D eigenvalue weighted by molar-refractivity contribution is 5.93. The molecule has 3 nitrogen and oxygen atoms in total. The van der Waals surface area contributed by atoms with Crippen LogP contribution in [0.25, 0.3) is 0 Å². The summed E-state index contributed by atoms with van der Waals surface area (Å²) in [6, 6.07) is 1.90.